The smallest absolute Gasteiger partial charge is 0.305 e. The van der Waals surface area contributed by atoms with Crippen LogP contribution in [0.5, 0.6) is 0 Å². The Bertz CT molecular complexity index is 673. The molecule has 0 aliphatic rings. The lowest BCUT2D eigenvalue weighted by Crippen LogP contribution is -2.29. The highest BCUT2D eigenvalue weighted by molar-refractivity contribution is 8.13. The Kier molecular flexibility index (Phi) is 39.7. The van der Waals surface area contributed by atoms with Gasteiger partial charge in [0.2, 0.25) is 0 Å². The lowest BCUT2D eigenvalue weighted by molar-refractivity contribution is -0.143. The maximum absolute atomic E-state index is 13.2. The average Bonchev–Trinajstić information content (AvgIpc) is 3.10. The predicted molar refractivity (Wildman–Crippen MR) is 216 cm³/mol. The van der Waals surface area contributed by atoms with Crippen molar-refractivity contribution in [2.75, 3.05) is 38.6 Å². The molecule has 49 heavy (non-hydrogen) atoms. The zero-order valence-corrected chi connectivity index (χ0v) is 34.1. The maximum atomic E-state index is 13.2. The van der Waals surface area contributed by atoms with Crippen LogP contribution < -0.4 is 0 Å². The zero-order valence-electron chi connectivity index (χ0n) is 33.3. The first-order valence-corrected chi connectivity index (χ1v) is 22.7. The third-order valence-corrected chi connectivity index (χ3v) is 11.2. The summed E-state index contributed by atoms with van der Waals surface area (Å²) in [7, 11) is 0. The van der Waals surface area contributed by atoms with Crippen LogP contribution in [0.1, 0.15) is 220 Å². The molecule has 0 heterocycles. The van der Waals surface area contributed by atoms with E-state index in [-0.39, 0.29) is 18.5 Å². The van der Waals surface area contributed by atoms with Crippen molar-refractivity contribution in [3.8, 4) is 0 Å². The molecule has 292 valence electrons. The van der Waals surface area contributed by atoms with Gasteiger partial charge in [-0.2, -0.15) is 0 Å². The number of aliphatic hydroxyl groups excluding tert-OH is 1. The summed E-state index contributed by atoms with van der Waals surface area (Å²) < 4.78 is 5.45. The van der Waals surface area contributed by atoms with E-state index in [2.05, 4.69) is 25.7 Å². The summed E-state index contributed by atoms with van der Waals surface area (Å²) in [6.07, 6.45) is 37.4. The third kappa shape index (κ3) is 35.6. The fraction of sp³-hybridized carbons (Fsp3) is 0.953. The van der Waals surface area contributed by atoms with Crippen molar-refractivity contribution in [1.29, 1.82) is 0 Å². The summed E-state index contributed by atoms with van der Waals surface area (Å²) in [5.41, 5.74) is 0. The predicted octanol–water partition coefficient (Wildman–Crippen LogP) is 12.9. The second kappa shape index (κ2) is 40.2. The average molecular weight is 712 g/mol. The van der Waals surface area contributed by atoms with E-state index in [1.807, 2.05) is 0 Å². The summed E-state index contributed by atoms with van der Waals surface area (Å²) in [6.45, 7) is 10.2. The molecule has 0 aliphatic carbocycles. The number of nitrogens with zero attached hydrogens (tertiary/aromatic N) is 1. The molecule has 5 nitrogen and oxygen atoms in total. The first-order chi connectivity index (χ1) is 24.1. The van der Waals surface area contributed by atoms with Gasteiger partial charge in [-0.05, 0) is 64.5 Å². The highest BCUT2D eigenvalue weighted by Crippen LogP contribution is 2.25. The van der Waals surface area contributed by atoms with Crippen LogP contribution in [-0.2, 0) is 14.3 Å². The number of esters is 1. The van der Waals surface area contributed by atoms with E-state index in [1.165, 1.54) is 128 Å². The van der Waals surface area contributed by atoms with Crippen LogP contribution in [0.4, 0.5) is 0 Å². The van der Waals surface area contributed by atoms with Crippen LogP contribution >= 0.6 is 11.8 Å². The van der Waals surface area contributed by atoms with Crippen molar-refractivity contribution in [1.82, 2.24) is 4.90 Å². The summed E-state index contributed by atoms with van der Waals surface area (Å²) in [5.74, 6) is 1.17. The number of rotatable bonds is 40. The molecular weight excluding hydrogens is 627 g/mol. The summed E-state index contributed by atoms with van der Waals surface area (Å²) in [4.78, 5) is 27.6. The number of unbranched alkanes of at least 4 members (excludes halogenated alkanes) is 23. The topological polar surface area (TPSA) is 66.8 Å². The van der Waals surface area contributed by atoms with E-state index in [9.17, 15) is 14.7 Å². The van der Waals surface area contributed by atoms with E-state index >= 15 is 0 Å². The Morgan fingerprint density at radius 3 is 1.45 bits per heavy atom. The minimum atomic E-state index is -0.0374. The minimum Gasteiger partial charge on any atom is -0.466 e. The number of hydrogen-bond donors (Lipinski definition) is 1. The third-order valence-electron chi connectivity index (χ3n) is 10.0. The molecule has 0 rings (SSSR count). The van der Waals surface area contributed by atoms with Crippen molar-refractivity contribution in [2.45, 2.75) is 220 Å². The van der Waals surface area contributed by atoms with Gasteiger partial charge in [-0.3, -0.25) is 9.59 Å². The van der Waals surface area contributed by atoms with E-state index in [0.717, 1.165) is 89.6 Å². The van der Waals surface area contributed by atoms with Gasteiger partial charge >= 0.3 is 5.97 Å². The van der Waals surface area contributed by atoms with Gasteiger partial charge in [-0.15, -0.1) is 0 Å². The first kappa shape index (κ1) is 48.4. The second-order valence-corrected chi connectivity index (χ2v) is 15.9. The lowest BCUT2D eigenvalue weighted by atomic mass is 9.95. The molecule has 0 radical (unpaired) electrons. The number of carbonyl (C=O) groups excluding carboxylic acids is 2. The molecule has 1 N–H and O–H groups in total. The van der Waals surface area contributed by atoms with Crippen LogP contribution in [0.2, 0.25) is 0 Å². The second-order valence-electron chi connectivity index (χ2n) is 14.8. The van der Waals surface area contributed by atoms with Gasteiger partial charge in [0.1, 0.15) is 0 Å². The van der Waals surface area contributed by atoms with Crippen molar-refractivity contribution in [3.05, 3.63) is 0 Å². The monoisotopic (exact) mass is 712 g/mol. The highest BCUT2D eigenvalue weighted by Gasteiger charge is 2.18. The van der Waals surface area contributed by atoms with E-state index in [1.54, 1.807) is 11.8 Å². The van der Waals surface area contributed by atoms with E-state index < -0.39 is 0 Å². The number of aliphatic hydroxyl groups is 1. The minimum absolute atomic E-state index is 0.0374. The molecule has 0 unspecified atom stereocenters. The van der Waals surface area contributed by atoms with Crippen LogP contribution in [0.15, 0.2) is 0 Å². The Morgan fingerprint density at radius 2 is 0.959 bits per heavy atom. The standard InChI is InChI=1S/C43H85NO4S/c1-4-7-10-13-16-19-22-27-34-42(46)48-39-30-23-28-35-44(37-38-45)36-29-24-31-40-49-43(47)41(32-25-20-17-14-11-8-5-2)33-26-21-18-15-12-9-6-3/h41,45H,4-40H2,1-3H3. The van der Waals surface area contributed by atoms with Crippen LogP contribution in [0.25, 0.3) is 0 Å². The molecule has 0 aromatic rings. The Hall–Kier alpha value is -0.590. The molecule has 6 heteroatoms. The SMILES string of the molecule is CCCCCCCCCCC(=O)OCCCCCN(CCO)CCCCCSC(=O)C(CCCCCCCCC)CCCCCCCCC. The molecule has 0 aromatic carbocycles. The number of hydrogen-bond acceptors (Lipinski definition) is 6. The number of carbonyl (C=O) groups is 2. The van der Waals surface area contributed by atoms with Crippen LogP contribution in [0, 0.1) is 5.92 Å². The number of ether oxygens (including phenoxy) is 1. The molecule has 0 spiro atoms. The Balaban J connectivity index is 4.09. The van der Waals surface area contributed by atoms with E-state index in [4.69, 9.17) is 4.74 Å². The quantitative estimate of drug-likeness (QED) is 0.0504. The Morgan fingerprint density at radius 1 is 0.531 bits per heavy atom. The van der Waals surface area contributed by atoms with Crippen LogP contribution in [0.3, 0.4) is 0 Å². The fourth-order valence-electron chi connectivity index (χ4n) is 6.73. The summed E-state index contributed by atoms with van der Waals surface area (Å²) >= 11 is 1.61. The molecule has 0 saturated carbocycles. The zero-order chi connectivity index (χ0) is 35.9. The molecular formula is C43H85NO4S. The molecule has 0 atom stereocenters. The van der Waals surface area contributed by atoms with Crippen molar-refractivity contribution in [3.63, 3.8) is 0 Å². The molecule has 0 bridgehead atoms. The summed E-state index contributed by atoms with van der Waals surface area (Å²) in [6, 6.07) is 0. The van der Waals surface area contributed by atoms with Crippen molar-refractivity contribution < 1.29 is 19.4 Å². The van der Waals surface area contributed by atoms with Gasteiger partial charge in [-0.1, -0.05) is 174 Å². The van der Waals surface area contributed by atoms with Gasteiger partial charge in [-0.25, -0.2) is 0 Å². The molecule has 0 aliphatic heterocycles. The van der Waals surface area contributed by atoms with Crippen molar-refractivity contribution in [2.24, 2.45) is 5.92 Å². The highest BCUT2D eigenvalue weighted by atomic mass is 32.2. The molecule has 0 saturated heterocycles. The van der Waals surface area contributed by atoms with E-state index in [0.29, 0.717) is 18.1 Å². The summed E-state index contributed by atoms with van der Waals surface area (Å²) in [5, 5.41) is 10.0. The largest absolute Gasteiger partial charge is 0.466 e. The van der Waals surface area contributed by atoms with Gasteiger partial charge in [0.05, 0.1) is 13.2 Å². The molecule has 0 fully saturated rings. The van der Waals surface area contributed by atoms with Gasteiger partial charge < -0.3 is 14.7 Å². The van der Waals surface area contributed by atoms with Gasteiger partial charge in [0.15, 0.2) is 5.12 Å². The molecule has 0 amide bonds. The normalized spacial score (nSPS) is 11.6. The van der Waals surface area contributed by atoms with Crippen LogP contribution in [-0.4, -0.2) is 59.7 Å². The lowest BCUT2D eigenvalue weighted by Gasteiger charge is -2.21. The Labute approximate surface area is 310 Å². The van der Waals surface area contributed by atoms with Crippen molar-refractivity contribution >= 4 is 22.8 Å². The fourth-order valence-corrected chi connectivity index (χ4v) is 7.75. The first-order valence-electron chi connectivity index (χ1n) is 21.7. The molecule has 0 aromatic heterocycles. The van der Waals surface area contributed by atoms with Gasteiger partial charge in [0.25, 0.3) is 0 Å². The maximum Gasteiger partial charge on any atom is 0.305 e. The number of thioether (sulfide) groups is 1. The van der Waals surface area contributed by atoms with Gasteiger partial charge in [0, 0.05) is 24.6 Å².